The molecule has 1 aliphatic rings. The van der Waals surface area contributed by atoms with Crippen molar-refractivity contribution in [1.82, 2.24) is 15.1 Å². The minimum atomic E-state index is -0.0289. The van der Waals surface area contributed by atoms with E-state index < -0.39 is 0 Å². The van der Waals surface area contributed by atoms with E-state index in [-0.39, 0.29) is 17.7 Å². The molecular formula is C27H37N3O2. The Balaban J connectivity index is 1.62. The van der Waals surface area contributed by atoms with E-state index in [1.54, 1.807) is 0 Å². The molecule has 2 aromatic rings. The number of amides is 2. The van der Waals surface area contributed by atoms with E-state index >= 15 is 0 Å². The Hall–Kier alpha value is -2.66. The molecule has 1 saturated heterocycles. The molecular weight excluding hydrogens is 398 g/mol. The zero-order valence-corrected chi connectivity index (χ0v) is 19.8. The van der Waals surface area contributed by atoms with Crippen molar-refractivity contribution in [2.75, 3.05) is 39.3 Å². The number of nitrogens with one attached hydrogen (secondary N) is 1. The number of piperidine rings is 1. The van der Waals surface area contributed by atoms with Crippen molar-refractivity contribution in [3.63, 3.8) is 0 Å². The Morgan fingerprint density at radius 3 is 2.47 bits per heavy atom. The van der Waals surface area contributed by atoms with Gasteiger partial charge in [-0.1, -0.05) is 45.0 Å². The highest BCUT2D eigenvalue weighted by Gasteiger charge is 2.26. The fourth-order valence-electron chi connectivity index (χ4n) is 4.40. The van der Waals surface area contributed by atoms with Gasteiger partial charge in [0.2, 0.25) is 0 Å². The maximum Gasteiger partial charge on any atom is 0.253 e. The Morgan fingerprint density at radius 1 is 1.03 bits per heavy atom. The van der Waals surface area contributed by atoms with E-state index in [4.69, 9.17) is 0 Å². The second kappa shape index (κ2) is 11.8. The number of carbonyl (C=O) groups is 2. The van der Waals surface area contributed by atoms with Crippen LogP contribution in [0.15, 0.2) is 48.5 Å². The third kappa shape index (κ3) is 6.19. The monoisotopic (exact) mass is 435 g/mol. The van der Waals surface area contributed by atoms with Gasteiger partial charge < -0.3 is 15.1 Å². The molecule has 1 heterocycles. The van der Waals surface area contributed by atoms with Crippen molar-refractivity contribution < 1.29 is 9.59 Å². The van der Waals surface area contributed by atoms with Gasteiger partial charge in [0.15, 0.2) is 0 Å². The first-order valence-corrected chi connectivity index (χ1v) is 12.0. The molecule has 2 aromatic carbocycles. The fraction of sp³-hybridized carbons (Fsp3) is 0.481. The van der Waals surface area contributed by atoms with Crippen LogP contribution in [0, 0.1) is 0 Å². The average molecular weight is 436 g/mol. The van der Waals surface area contributed by atoms with Gasteiger partial charge in [0.25, 0.3) is 11.8 Å². The molecule has 172 valence electrons. The van der Waals surface area contributed by atoms with Gasteiger partial charge in [-0.05, 0) is 67.7 Å². The molecule has 1 unspecified atom stereocenters. The lowest BCUT2D eigenvalue weighted by molar-refractivity contribution is 0.0706. The lowest BCUT2D eigenvalue weighted by Gasteiger charge is -2.33. The van der Waals surface area contributed by atoms with Gasteiger partial charge in [0, 0.05) is 43.2 Å². The first kappa shape index (κ1) is 24.0. The molecule has 0 aliphatic carbocycles. The van der Waals surface area contributed by atoms with Crippen LogP contribution in [0.5, 0.6) is 0 Å². The predicted octanol–water partition coefficient (Wildman–Crippen LogP) is 4.34. The van der Waals surface area contributed by atoms with Crippen LogP contribution in [0.4, 0.5) is 0 Å². The van der Waals surface area contributed by atoms with Crippen LogP contribution in [-0.2, 0) is 6.42 Å². The van der Waals surface area contributed by atoms with Crippen molar-refractivity contribution >= 4 is 11.8 Å². The molecule has 5 nitrogen and oxygen atoms in total. The largest absolute Gasteiger partial charge is 0.351 e. The van der Waals surface area contributed by atoms with Gasteiger partial charge in [0.1, 0.15) is 0 Å². The lowest BCUT2D eigenvalue weighted by atomic mass is 9.89. The Labute approximate surface area is 192 Å². The van der Waals surface area contributed by atoms with Crippen LogP contribution in [0.2, 0.25) is 0 Å². The first-order valence-electron chi connectivity index (χ1n) is 12.0. The first-order chi connectivity index (χ1) is 15.5. The van der Waals surface area contributed by atoms with Gasteiger partial charge >= 0.3 is 0 Å². The number of hydrogen-bond acceptors (Lipinski definition) is 3. The standard InChI is InChI=1S/C27H37N3O2/c1-4-21-12-14-22(15-13-21)27(32)30-17-8-11-25(20-30)23-9-7-10-24(19-23)26(31)28-16-18-29(5-2)6-3/h7,9-10,12-15,19,25H,4-6,8,11,16-18,20H2,1-3H3,(H,28,31). The number of hydrogen-bond donors (Lipinski definition) is 1. The van der Waals surface area contributed by atoms with Crippen LogP contribution in [0.25, 0.3) is 0 Å². The topological polar surface area (TPSA) is 52.7 Å². The van der Waals surface area contributed by atoms with Gasteiger partial charge in [-0.15, -0.1) is 0 Å². The zero-order chi connectivity index (χ0) is 22.9. The van der Waals surface area contributed by atoms with Crippen LogP contribution >= 0.6 is 0 Å². The molecule has 1 fully saturated rings. The Bertz CT molecular complexity index is 890. The smallest absolute Gasteiger partial charge is 0.253 e. The highest BCUT2D eigenvalue weighted by Crippen LogP contribution is 2.28. The summed E-state index contributed by atoms with van der Waals surface area (Å²) in [5.74, 6) is 0.326. The summed E-state index contributed by atoms with van der Waals surface area (Å²) in [5, 5.41) is 3.04. The van der Waals surface area contributed by atoms with Crippen LogP contribution in [0.1, 0.15) is 71.4 Å². The molecule has 3 rings (SSSR count). The quantitative estimate of drug-likeness (QED) is 0.637. The summed E-state index contributed by atoms with van der Waals surface area (Å²) in [4.78, 5) is 29.9. The number of likely N-dealkylation sites (tertiary alicyclic amines) is 1. The summed E-state index contributed by atoms with van der Waals surface area (Å²) in [6.45, 7) is 11.3. The van der Waals surface area contributed by atoms with Crippen LogP contribution in [0.3, 0.4) is 0 Å². The molecule has 0 bridgehead atoms. The SMILES string of the molecule is CCc1ccc(C(=O)N2CCCC(c3cccc(C(=O)NCCN(CC)CC)c3)C2)cc1. The summed E-state index contributed by atoms with van der Waals surface area (Å²) in [7, 11) is 0. The van der Waals surface area contributed by atoms with Crippen molar-refractivity contribution in [2.24, 2.45) is 0 Å². The molecule has 1 atom stereocenters. The Kier molecular flexibility index (Phi) is 8.86. The minimum absolute atomic E-state index is 0.0289. The molecule has 0 spiro atoms. The second-order valence-electron chi connectivity index (χ2n) is 8.55. The predicted molar refractivity (Wildman–Crippen MR) is 130 cm³/mol. The van der Waals surface area contributed by atoms with E-state index in [0.717, 1.165) is 56.6 Å². The summed E-state index contributed by atoms with van der Waals surface area (Å²) < 4.78 is 0. The molecule has 1 N–H and O–H groups in total. The van der Waals surface area contributed by atoms with Crippen molar-refractivity contribution in [3.05, 3.63) is 70.8 Å². The second-order valence-corrected chi connectivity index (χ2v) is 8.55. The number of likely N-dealkylation sites (N-methyl/N-ethyl adjacent to an activating group) is 1. The van der Waals surface area contributed by atoms with E-state index in [0.29, 0.717) is 18.7 Å². The highest BCUT2D eigenvalue weighted by molar-refractivity contribution is 5.95. The van der Waals surface area contributed by atoms with Gasteiger partial charge in [-0.2, -0.15) is 0 Å². The maximum absolute atomic E-state index is 13.0. The van der Waals surface area contributed by atoms with Crippen molar-refractivity contribution in [1.29, 1.82) is 0 Å². The molecule has 0 radical (unpaired) electrons. The molecule has 1 aliphatic heterocycles. The summed E-state index contributed by atoms with van der Waals surface area (Å²) >= 11 is 0. The molecule has 0 aromatic heterocycles. The summed E-state index contributed by atoms with van der Waals surface area (Å²) in [5.41, 5.74) is 3.83. The van der Waals surface area contributed by atoms with Crippen LogP contribution < -0.4 is 5.32 Å². The zero-order valence-electron chi connectivity index (χ0n) is 19.8. The number of carbonyl (C=O) groups excluding carboxylic acids is 2. The van der Waals surface area contributed by atoms with Gasteiger partial charge in [-0.3, -0.25) is 9.59 Å². The lowest BCUT2D eigenvalue weighted by Crippen LogP contribution is -2.39. The normalized spacial score (nSPS) is 16.2. The minimum Gasteiger partial charge on any atom is -0.351 e. The number of nitrogens with zero attached hydrogens (tertiary/aromatic N) is 2. The number of benzene rings is 2. The maximum atomic E-state index is 13.0. The fourth-order valence-corrected chi connectivity index (χ4v) is 4.40. The number of rotatable bonds is 9. The molecule has 2 amide bonds. The summed E-state index contributed by atoms with van der Waals surface area (Å²) in [6, 6.07) is 15.9. The van der Waals surface area contributed by atoms with Gasteiger partial charge in [0.05, 0.1) is 0 Å². The molecule has 5 heteroatoms. The van der Waals surface area contributed by atoms with Crippen molar-refractivity contribution in [3.8, 4) is 0 Å². The van der Waals surface area contributed by atoms with E-state index in [1.165, 1.54) is 5.56 Å². The third-order valence-corrected chi connectivity index (χ3v) is 6.55. The van der Waals surface area contributed by atoms with E-state index in [2.05, 4.69) is 37.1 Å². The molecule has 32 heavy (non-hydrogen) atoms. The summed E-state index contributed by atoms with van der Waals surface area (Å²) in [6.07, 6.45) is 2.98. The Morgan fingerprint density at radius 2 is 1.78 bits per heavy atom. The van der Waals surface area contributed by atoms with Crippen molar-refractivity contribution in [2.45, 2.75) is 46.0 Å². The number of aryl methyl sites for hydroxylation is 1. The molecule has 0 saturated carbocycles. The van der Waals surface area contributed by atoms with Crippen LogP contribution in [-0.4, -0.2) is 60.9 Å². The average Bonchev–Trinajstić information content (AvgIpc) is 2.86. The van der Waals surface area contributed by atoms with E-state index in [1.807, 2.05) is 47.4 Å². The highest BCUT2D eigenvalue weighted by atomic mass is 16.2. The van der Waals surface area contributed by atoms with E-state index in [9.17, 15) is 9.59 Å². The van der Waals surface area contributed by atoms with Gasteiger partial charge in [-0.25, -0.2) is 0 Å². The third-order valence-electron chi connectivity index (χ3n) is 6.55.